The quantitative estimate of drug-likeness (QED) is 0.515. The molecule has 0 radical (unpaired) electrons. The molecule has 0 unspecified atom stereocenters. The second-order valence-corrected chi connectivity index (χ2v) is 11.4. The molecule has 3 aromatic carbocycles. The Kier molecular flexibility index (Phi) is 4.44. The Morgan fingerprint density at radius 1 is 0.640 bits per heavy atom. The number of hydrogen-bond donors (Lipinski definition) is 0. The first kappa shape index (κ1) is 16.1. The average molecular weight is 362 g/mol. The van der Waals surface area contributed by atoms with Crippen molar-refractivity contribution in [3.63, 3.8) is 0 Å². The molecule has 0 atom stereocenters. The summed E-state index contributed by atoms with van der Waals surface area (Å²) in [6, 6.07) is 31.8. The third kappa shape index (κ3) is 3.02. The Balaban J connectivity index is 1.87. The molecule has 2 nitrogen and oxygen atoms in total. The maximum atomic E-state index is 4.65. The summed E-state index contributed by atoms with van der Waals surface area (Å²) in [6.45, 7) is 2.37. The third-order valence-electron chi connectivity index (χ3n) is 4.58. The summed E-state index contributed by atoms with van der Waals surface area (Å²) in [6.07, 6.45) is 0. The van der Waals surface area contributed by atoms with Gasteiger partial charge in [0.25, 0.3) is 0 Å². The minimum atomic E-state index is -2.14. The van der Waals surface area contributed by atoms with Crippen LogP contribution >= 0.6 is 18.6 Å². The molecule has 124 valence electrons. The van der Waals surface area contributed by atoms with Crippen LogP contribution in [0.4, 0.5) is 0 Å². The van der Waals surface area contributed by atoms with E-state index in [1.54, 1.807) is 11.3 Å². The van der Waals surface area contributed by atoms with Crippen molar-refractivity contribution in [1.82, 2.24) is 10.2 Å². The summed E-state index contributed by atoms with van der Waals surface area (Å²) in [7, 11) is -2.14. The van der Waals surface area contributed by atoms with Gasteiger partial charge in [-0.3, -0.25) is 0 Å². The standard InChI is InChI=1S/C21H19N2PS/c1-24(18-13-7-3-8-14-18,19-15-9-4-10-16-19)21-23-22-20(25-21)17-11-5-2-6-12-17/h2-16,24H,1H3. The van der Waals surface area contributed by atoms with Crippen LogP contribution in [0.15, 0.2) is 91.0 Å². The van der Waals surface area contributed by atoms with Gasteiger partial charge in [0.1, 0.15) is 0 Å². The number of aromatic nitrogens is 2. The summed E-state index contributed by atoms with van der Waals surface area (Å²) in [5.41, 5.74) is 1.13. The molecule has 1 aromatic heterocycles. The van der Waals surface area contributed by atoms with Gasteiger partial charge in [-0.15, -0.1) is 0 Å². The first-order valence-electron chi connectivity index (χ1n) is 8.29. The molecule has 0 spiro atoms. The zero-order valence-electron chi connectivity index (χ0n) is 14.0. The molecule has 0 N–H and O–H groups in total. The van der Waals surface area contributed by atoms with Gasteiger partial charge < -0.3 is 0 Å². The molecule has 25 heavy (non-hydrogen) atoms. The summed E-state index contributed by atoms with van der Waals surface area (Å²) in [5, 5.41) is 12.9. The van der Waals surface area contributed by atoms with Gasteiger partial charge in [-0.1, -0.05) is 0 Å². The van der Waals surface area contributed by atoms with E-state index in [9.17, 15) is 0 Å². The molecule has 0 fully saturated rings. The summed E-state index contributed by atoms with van der Waals surface area (Å²) in [5.74, 6) is 0. The fourth-order valence-electron chi connectivity index (χ4n) is 3.08. The van der Waals surface area contributed by atoms with Crippen molar-refractivity contribution in [2.45, 2.75) is 0 Å². The SMILES string of the molecule is C[PH](c1ccccc1)(c1ccccc1)c1nnc(-c2ccccc2)s1. The van der Waals surface area contributed by atoms with Crippen LogP contribution in [0.3, 0.4) is 0 Å². The van der Waals surface area contributed by atoms with E-state index in [1.165, 1.54) is 10.6 Å². The topological polar surface area (TPSA) is 25.8 Å². The Labute approximate surface area is 152 Å². The zero-order valence-corrected chi connectivity index (χ0v) is 15.8. The molecule has 1 heterocycles. The molecule has 4 rings (SSSR count). The molecule has 0 saturated heterocycles. The van der Waals surface area contributed by atoms with E-state index in [-0.39, 0.29) is 0 Å². The summed E-state index contributed by atoms with van der Waals surface area (Å²) < 4.78 is 1.14. The van der Waals surface area contributed by atoms with E-state index < -0.39 is 7.26 Å². The van der Waals surface area contributed by atoms with E-state index in [0.717, 1.165) is 15.3 Å². The molecule has 0 aliphatic carbocycles. The van der Waals surface area contributed by atoms with Gasteiger partial charge in [-0.05, 0) is 0 Å². The number of hydrogen-bond acceptors (Lipinski definition) is 3. The normalized spacial score (nSPS) is 12.0. The van der Waals surface area contributed by atoms with Gasteiger partial charge in [-0.25, -0.2) is 0 Å². The van der Waals surface area contributed by atoms with Crippen molar-refractivity contribution < 1.29 is 0 Å². The molecule has 0 aliphatic heterocycles. The predicted molar refractivity (Wildman–Crippen MR) is 111 cm³/mol. The molecular weight excluding hydrogens is 343 g/mol. The molecular formula is C21H19N2PS. The minimum absolute atomic E-state index is 0.987. The van der Waals surface area contributed by atoms with Crippen molar-refractivity contribution in [3.05, 3.63) is 91.0 Å². The van der Waals surface area contributed by atoms with Crippen molar-refractivity contribution in [3.8, 4) is 10.6 Å². The van der Waals surface area contributed by atoms with Crippen LogP contribution in [0, 0.1) is 0 Å². The molecule has 0 aliphatic rings. The van der Waals surface area contributed by atoms with Gasteiger partial charge >= 0.3 is 152 Å². The predicted octanol–water partition coefficient (Wildman–Crippen LogP) is 3.86. The van der Waals surface area contributed by atoms with E-state index in [1.807, 2.05) is 18.2 Å². The molecule has 4 aromatic rings. The Morgan fingerprint density at radius 3 is 1.64 bits per heavy atom. The van der Waals surface area contributed by atoms with Gasteiger partial charge in [0, 0.05) is 0 Å². The Hall–Kier alpha value is -2.35. The maximum absolute atomic E-state index is 4.65. The number of benzene rings is 3. The summed E-state index contributed by atoms with van der Waals surface area (Å²) in [4.78, 5) is 0. The van der Waals surface area contributed by atoms with E-state index in [4.69, 9.17) is 0 Å². The molecule has 4 heteroatoms. The number of rotatable bonds is 4. The van der Waals surface area contributed by atoms with Gasteiger partial charge in [0.15, 0.2) is 0 Å². The van der Waals surface area contributed by atoms with Gasteiger partial charge in [0.2, 0.25) is 0 Å². The zero-order chi connectivity index (χ0) is 17.1. The fourth-order valence-corrected chi connectivity index (χ4v) is 8.29. The van der Waals surface area contributed by atoms with Gasteiger partial charge in [0.05, 0.1) is 0 Å². The summed E-state index contributed by atoms with van der Waals surface area (Å²) >= 11 is 1.72. The van der Waals surface area contributed by atoms with E-state index in [2.05, 4.69) is 89.7 Å². The number of nitrogens with zero attached hydrogens (tertiary/aromatic N) is 2. The van der Waals surface area contributed by atoms with Crippen molar-refractivity contribution in [2.75, 3.05) is 6.66 Å². The van der Waals surface area contributed by atoms with Crippen molar-refractivity contribution >= 4 is 34.0 Å². The van der Waals surface area contributed by atoms with Crippen LogP contribution in [0.2, 0.25) is 0 Å². The van der Waals surface area contributed by atoms with Crippen LogP contribution in [0.5, 0.6) is 0 Å². The van der Waals surface area contributed by atoms with Crippen LogP contribution in [-0.2, 0) is 0 Å². The fraction of sp³-hybridized carbons (Fsp3) is 0.0476. The molecule has 0 bridgehead atoms. The second-order valence-electron chi connectivity index (χ2n) is 6.14. The monoisotopic (exact) mass is 362 g/mol. The van der Waals surface area contributed by atoms with Crippen molar-refractivity contribution in [1.29, 1.82) is 0 Å². The molecule has 0 amide bonds. The van der Waals surface area contributed by atoms with Gasteiger partial charge in [-0.2, -0.15) is 0 Å². The molecule has 0 saturated carbocycles. The average Bonchev–Trinajstić information content (AvgIpc) is 3.20. The van der Waals surface area contributed by atoms with Crippen LogP contribution < -0.4 is 15.4 Å². The Bertz CT molecular complexity index is 913. The third-order valence-corrected chi connectivity index (χ3v) is 10.8. The first-order chi connectivity index (χ1) is 12.3. The van der Waals surface area contributed by atoms with E-state index >= 15 is 0 Å². The first-order valence-corrected chi connectivity index (χ1v) is 11.6. The second kappa shape index (κ2) is 6.87. The van der Waals surface area contributed by atoms with Crippen molar-refractivity contribution in [2.24, 2.45) is 0 Å². The van der Waals surface area contributed by atoms with Crippen LogP contribution in [0.25, 0.3) is 10.6 Å². The Morgan fingerprint density at radius 2 is 1.12 bits per heavy atom. The van der Waals surface area contributed by atoms with E-state index in [0.29, 0.717) is 0 Å². The van der Waals surface area contributed by atoms with Crippen LogP contribution in [-0.4, -0.2) is 16.9 Å². The van der Waals surface area contributed by atoms with Crippen LogP contribution in [0.1, 0.15) is 0 Å².